The number of carbonyl (C=O) groups is 2. The molecule has 1 heterocycles. The molecule has 4 nitrogen and oxygen atoms in total. The minimum absolute atomic E-state index is 0.219. The summed E-state index contributed by atoms with van der Waals surface area (Å²) >= 11 is 3.21. The summed E-state index contributed by atoms with van der Waals surface area (Å²) in [6.07, 6.45) is 0.400. The predicted octanol–water partition coefficient (Wildman–Crippen LogP) is 1.02. The molecular formula is C8H11BrO4. The van der Waals surface area contributed by atoms with Crippen molar-refractivity contribution in [3.05, 3.63) is 0 Å². The summed E-state index contributed by atoms with van der Waals surface area (Å²) in [5.41, 5.74) is 0. The average Bonchev–Trinajstić information content (AvgIpc) is 2.47. The van der Waals surface area contributed by atoms with Crippen LogP contribution in [0.2, 0.25) is 0 Å². The third kappa shape index (κ3) is 2.99. The highest BCUT2D eigenvalue weighted by atomic mass is 79.9. The van der Waals surface area contributed by atoms with Crippen LogP contribution in [0.5, 0.6) is 0 Å². The molecule has 0 bridgehead atoms. The largest absolute Gasteiger partial charge is 0.458 e. The molecule has 1 rings (SSSR count). The molecule has 13 heavy (non-hydrogen) atoms. The molecule has 1 aliphatic heterocycles. The van der Waals surface area contributed by atoms with Gasteiger partial charge in [0, 0.05) is 18.7 Å². The van der Waals surface area contributed by atoms with E-state index in [-0.39, 0.29) is 24.1 Å². The molecule has 5 heteroatoms. The number of ether oxygens (including phenoxy) is 2. The minimum Gasteiger partial charge on any atom is -0.458 e. The van der Waals surface area contributed by atoms with Crippen molar-refractivity contribution in [1.82, 2.24) is 0 Å². The maximum absolute atomic E-state index is 10.8. The van der Waals surface area contributed by atoms with Gasteiger partial charge in [0.1, 0.15) is 12.2 Å². The van der Waals surface area contributed by atoms with Crippen LogP contribution in [0.15, 0.2) is 0 Å². The zero-order chi connectivity index (χ0) is 9.84. The molecule has 1 fully saturated rings. The summed E-state index contributed by atoms with van der Waals surface area (Å²) in [5, 5.41) is 0.491. The van der Waals surface area contributed by atoms with Crippen LogP contribution in [-0.4, -0.2) is 29.5 Å². The summed E-state index contributed by atoms with van der Waals surface area (Å²) in [7, 11) is 0. The standard InChI is InChI=1S/C8H11BrO4/c1-5(10)12-7(4-9)6-2-3-8(11)13-6/h6-7H,2-4H2,1H3. The second-order valence-corrected chi connectivity index (χ2v) is 3.52. The van der Waals surface area contributed by atoms with Crippen LogP contribution in [0.1, 0.15) is 19.8 Å². The fraction of sp³-hybridized carbons (Fsp3) is 0.750. The van der Waals surface area contributed by atoms with E-state index in [9.17, 15) is 9.59 Å². The molecule has 2 atom stereocenters. The smallest absolute Gasteiger partial charge is 0.306 e. The molecule has 0 aliphatic carbocycles. The Bertz CT molecular complexity index is 216. The van der Waals surface area contributed by atoms with Gasteiger partial charge in [-0.2, -0.15) is 0 Å². The first-order valence-corrected chi connectivity index (χ1v) is 5.18. The molecule has 0 amide bonds. The minimum atomic E-state index is -0.357. The Balaban J connectivity index is 2.46. The maximum Gasteiger partial charge on any atom is 0.306 e. The van der Waals surface area contributed by atoms with Crippen molar-refractivity contribution >= 4 is 27.9 Å². The fourth-order valence-corrected chi connectivity index (χ4v) is 1.78. The number of hydrogen-bond donors (Lipinski definition) is 0. The third-order valence-electron chi connectivity index (χ3n) is 1.80. The van der Waals surface area contributed by atoms with Gasteiger partial charge in [0.2, 0.25) is 0 Å². The van der Waals surface area contributed by atoms with Crippen molar-refractivity contribution in [2.75, 3.05) is 5.33 Å². The van der Waals surface area contributed by atoms with Crippen LogP contribution < -0.4 is 0 Å². The highest BCUT2D eigenvalue weighted by molar-refractivity contribution is 9.09. The summed E-state index contributed by atoms with van der Waals surface area (Å²) in [6.45, 7) is 1.34. The number of carbonyl (C=O) groups excluding carboxylic acids is 2. The molecule has 0 aromatic heterocycles. The van der Waals surface area contributed by atoms with Gasteiger partial charge >= 0.3 is 11.9 Å². The molecule has 1 aliphatic rings. The molecule has 74 valence electrons. The number of rotatable bonds is 3. The SMILES string of the molecule is CC(=O)OC(CBr)C1CCC(=O)O1. The zero-order valence-electron chi connectivity index (χ0n) is 7.29. The van der Waals surface area contributed by atoms with E-state index in [1.165, 1.54) is 6.92 Å². The van der Waals surface area contributed by atoms with Crippen LogP contribution in [-0.2, 0) is 19.1 Å². The van der Waals surface area contributed by atoms with E-state index in [4.69, 9.17) is 9.47 Å². The second kappa shape index (κ2) is 4.60. The summed E-state index contributed by atoms with van der Waals surface area (Å²) < 4.78 is 9.94. The molecule has 0 saturated carbocycles. The number of cyclic esters (lactones) is 1. The fourth-order valence-electron chi connectivity index (χ4n) is 1.23. The lowest BCUT2D eigenvalue weighted by molar-refractivity contribution is -0.157. The van der Waals surface area contributed by atoms with Crippen LogP contribution in [0.4, 0.5) is 0 Å². The van der Waals surface area contributed by atoms with Gasteiger partial charge in [0.15, 0.2) is 0 Å². The highest BCUT2D eigenvalue weighted by Crippen LogP contribution is 2.20. The Kier molecular flexibility index (Phi) is 3.71. The lowest BCUT2D eigenvalue weighted by atomic mass is 10.1. The van der Waals surface area contributed by atoms with Gasteiger partial charge in [0.25, 0.3) is 0 Å². The van der Waals surface area contributed by atoms with Crippen molar-refractivity contribution in [1.29, 1.82) is 0 Å². The van der Waals surface area contributed by atoms with Crippen LogP contribution in [0.3, 0.4) is 0 Å². The van der Waals surface area contributed by atoms with E-state index in [0.29, 0.717) is 18.2 Å². The average molecular weight is 251 g/mol. The first-order valence-electron chi connectivity index (χ1n) is 4.06. The van der Waals surface area contributed by atoms with E-state index >= 15 is 0 Å². The lowest BCUT2D eigenvalue weighted by Crippen LogP contribution is -2.31. The van der Waals surface area contributed by atoms with E-state index in [0.717, 1.165) is 0 Å². The molecule has 0 radical (unpaired) electrons. The Morgan fingerprint density at radius 2 is 2.54 bits per heavy atom. The highest BCUT2D eigenvalue weighted by Gasteiger charge is 2.32. The molecule has 0 spiro atoms. The second-order valence-electron chi connectivity index (χ2n) is 2.87. The first kappa shape index (κ1) is 10.5. The Hall–Kier alpha value is -0.580. The quantitative estimate of drug-likeness (QED) is 0.555. The predicted molar refractivity (Wildman–Crippen MR) is 48.5 cm³/mol. The normalized spacial score (nSPS) is 23.8. The van der Waals surface area contributed by atoms with Crippen LogP contribution in [0, 0.1) is 0 Å². The third-order valence-corrected chi connectivity index (χ3v) is 2.44. The number of esters is 2. The van der Waals surface area contributed by atoms with Gasteiger partial charge in [-0.1, -0.05) is 15.9 Å². The zero-order valence-corrected chi connectivity index (χ0v) is 8.87. The van der Waals surface area contributed by atoms with E-state index in [1.54, 1.807) is 0 Å². The summed E-state index contributed by atoms with van der Waals surface area (Å²) in [6, 6.07) is 0. The van der Waals surface area contributed by atoms with Gasteiger partial charge < -0.3 is 9.47 Å². The number of hydrogen-bond acceptors (Lipinski definition) is 4. The monoisotopic (exact) mass is 250 g/mol. The van der Waals surface area contributed by atoms with Crippen LogP contribution >= 0.6 is 15.9 Å². The van der Waals surface area contributed by atoms with Gasteiger partial charge in [-0.3, -0.25) is 9.59 Å². The Morgan fingerprint density at radius 1 is 1.85 bits per heavy atom. The van der Waals surface area contributed by atoms with Crippen molar-refractivity contribution in [3.63, 3.8) is 0 Å². The van der Waals surface area contributed by atoms with E-state index in [1.807, 2.05) is 0 Å². The van der Waals surface area contributed by atoms with Crippen molar-refractivity contribution < 1.29 is 19.1 Å². The maximum atomic E-state index is 10.8. The van der Waals surface area contributed by atoms with Gasteiger partial charge in [-0.15, -0.1) is 0 Å². The number of alkyl halides is 1. The van der Waals surface area contributed by atoms with Crippen molar-refractivity contribution in [2.45, 2.75) is 32.0 Å². The molecule has 1 saturated heterocycles. The van der Waals surface area contributed by atoms with Gasteiger partial charge in [0.05, 0.1) is 0 Å². The summed E-state index contributed by atoms with van der Waals surface area (Å²) in [5.74, 6) is -0.574. The summed E-state index contributed by atoms with van der Waals surface area (Å²) in [4.78, 5) is 21.4. The van der Waals surface area contributed by atoms with Crippen molar-refractivity contribution in [3.8, 4) is 0 Å². The Morgan fingerprint density at radius 3 is 2.92 bits per heavy atom. The molecular weight excluding hydrogens is 240 g/mol. The first-order chi connectivity index (χ1) is 6.13. The van der Waals surface area contributed by atoms with Gasteiger partial charge in [-0.25, -0.2) is 0 Å². The number of halogens is 1. The molecule has 0 N–H and O–H groups in total. The topological polar surface area (TPSA) is 52.6 Å². The van der Waals surface area contributed by atoms with Gasteiger partial charge in [-0.05, 0) is 6.42 Å². The molecule has 2 unspecified atom stereocenters. The van der Waals surface area contributed by atoms with E-state index < -0.39 is 0 Å². The van der Waals surface area contributed by atoms with Crippen LogP contribution in [0.25, 0.3) is 0 Å². The molecule has 0 aromatic rings. The van der Waals surface area contributed by atoms with Crippen molar-refractivity contribution in [2.24, 2.45) is 0 Å². The van der Waals surface area contributed by atoms with E-state index in [2.05, 4.69) is 15.9 Å². The molecule has 0 aromatic carbocycles. The lowest BCUT2D eigenvalue weighted by Gasteiger charge is -2.19. The Labute approximate surface area is 84.7 Å².